The number of aromatic amines is 1. The van der Waals surface area contributed by atoms with Gasteiger partial charge >= 0.3 is 11.7 Å². The van der Waals surface area contributed by atoms with Gasteiger partial charge in [-0.2, -0.15) is 0 Å². The molecule has 1 amide bonds. The largest absolute Gasteiger partial charge is 0.459 e. The van der Waals surface area contributed by atoms with Crippen LogP contribution in [0.3, 0.4) is 0 Å². The first-order chi connectivity index (χ1) is 23.9. The Morgan fingerprint density at radius 2 is 1.47 bits per heavy atom. The topological polar surface area (TPSA) is 216 Å². The van der Waals surface area contributed by atoms with Crippen LogP contribution in [-0.4, -0.2) is 110 Å². The summed E-state index contributed by atoms with van der Waals surface area (Å²) in [6.45, 7) is 29.7. The average molecular weight is 788 g/mol. The summed E-state index contributed by atoms with van der Waals surface area (Å²) in [5.41, 5.74) is 3.71. The van der Waals surface area contributed by atoms with Crippen LogP contribution in [0.1, 0.15) is 88.8 Å². The first-order valence-electron chi connectivity index (χ1n) is 18.6. The van der Waals surface area contributed by atoms with Crippen LogP contribution in [0.4, 0.5) is 0 Å². The number of ether oxygens (including phenoxy) is 2. The van der Waals surface area contributed by atoms with Gasteiger partial charge in [-0.3, -0.25) is 23.9 Å². The average Bonchev–Trinajstić information content (AvgIpc) is 3.31. The number of nitrogens with two attached hydrogens (primary N) is 1. The first-order valence-corrected chi connectivity index (χ1v) is 24.4. The Hall–Kier alpha value is -2.23. The normalized spacial score (nSPS) is 22.7. The lowest BCUT2D eigenvalue weighted by Crippen LogP contribution is -2.59. The van der Waals surface area contributed by atoms with E-state index < -0.39 is 94.2 Å². The highest BCUT2D eigenvalue weighted by Gasteiger charge is 2.57. The molecule has 0 bridgehead atoms. The first kappa shape index (κ1) is 46.9. The van der Waals surface area contributed by atoms with Gasteiger partial charge in [0, 0.05) is 18.8 Å². The molecule has 1 aromatic rings. The van der Waals surface area contributed by atoms with Gasteiger partial charge in [0.15, 0.2) is 22.9 Å². The van der Waals surface area contributed by atoms with Gasteiger partial charge in [0.25, 0.3) is 5.56 Å². The molecular formula is C36H69N5O10Si2. The molecule has 0 saturated carbocycles. The number of nitrogens with one attached hydrogen (secondary N) is 3. The second kappa shape index (κ2) is 17.7. The number of esters is 1. The minimum atomic E-state index is -2.65. The van der Waals surface area contributed by atoms with Crippen molar-refractivity contribution in [2.45, 2.75) is 173 Å². The molecule has 17 heteroatoms. The standard InChI is InChI=1S/C36H69N5O10Si2/c1-21(2)25(43)23(37)30(45)39-19-16-18-38-24(32(46)49-34(3,4)5)26(44)27-28(50-52(12,13)35(6,7)8)29(51-53(14,15)36(9,10)11)31(48-27)41-20-17-22(42)40-33(41)47/h17,20-21,23-29,31,38,43-44H,16,18-19,37H2,1-15H3,(H,39,45)(H,40,42,47)/t23-,24-,25-,26+,27+,28+,29+,31+/m0/s1. The Kier molecular flexibility index (Phi) is 15.7. The van der Waals surface area contributed by atoms with Crippen molar-refractivity contribution < 1.29 is 38.1 Å². The lowest BCUT2D eigenvalue weighted by atomic mass is 9.99. The molecule has 0 unspecified atom stereocenters. The second-order valence-electron chi connectivity index (χ2n) is 18.6. The summed E-state index contributed by atoms with van der Waals surface area (Å²) in [5, 5.41) is 27.7. The quantitative estimate of drug-likeness (QED) is 0.0811. The fourth-order valence-corrected chi connectivity index (χ4v) is 7.82. The van der Waals surface area contributed by atoms with Crippen LogP contribution in [0, 0.1) is 5.92 Å². The third-order valence-corrected chi connectivity index (χ3v) is 19.5. The number of hydrogen-bond acceptors (Lipinski definition) is 12. The van der Waals surface area contributed by atoms with Crippen LogP contribution in [-0.2, 0) is 27.9 Å². The van der Waals surface area contributed by atoms with Gasteiger partial charge in [-0.25, -0.2) is 4.79 Å². The Morgan fingerprint density at radius 1 is 0.943 bits per heavy atom. The van der Waals surface area contributed by atoms with E-state index in [0.717, 1.165) is 0 Å². The third kappa shape index (κ3) is 12.4. The number of H-pyrrole nitrogens is 1. The molecule has 1 saturated heterocycles. The van der Waals surface area contributed by atoms with Crippen molar-refractivity contribution in [3.63, 3.8) is 0 Å². The molecule has 53 heavy (non-hydrogen) atoms. The molecule has 1 aromatic heterocycles. The maximum atomic E-state index is 13.8. The highest BCUT2D eigenvalue weighted by atomic mass is 28.4. The summed E-state index contributed by atoms with van der Waals surface area (Å²) in [4.78, 5) is 54.0. The number of hydrogen-bond donors (Lipinski definition) is 6. The number of carbonyl (C=O) groups excluding carboxylic acids is 2. The molecule has 0 aromatic carbocycles. The molecule has 0 radical (unpaired) electrons. The molecule has 8 atom stereocenters. The van der Waals surface area contributed by atoms with E-state index in [0.29, 0.717) is 6.42 Å². The van der Waals surface area contributed by atoms with Crippen molar-refractivity contribution >= 4 is 28.5 Å². The highest BCUT2D eigenvalue weighted by Crippen LogP contribution is 2.46. The van der Waals surface area contributed by atoms with Crippen LogP contribution >= 0.6 is 0 Å². The molecule has 1 aliphatic heterocycles. The molecule has 2 rings (SSSR count). The number of aliphatic hydroxyl groups is 2. The van der Waals surface area contributed by atoms with E-state index in [9.17, 15) is 29.4 Å². The third-order valence-electron chi connectivity index (χ3n) is 10.5. The zero-order valence-corrected chi connectivity index (χ0v) is 36.7. The summed E-state index contributed by atoms with van der Waals surface area (Å²) in [7, 11) is -5.27. The SMILES string of the molecule is CC(C)[C@H](O)[C@H](N)C(=O)NCCCN[C@H](C(=O)OC(C)(C)C)[C@@H](O)[C@H]1O[C@@H](n2ccc(=O)[nH]c2=O)[C@H](O[Si](C)(C)C(C)(C)C)[C@@H]1O[Si](C)(C)C(C)(C)C. The van der Waals surface area contributed by atoms with Crippen LogP contribution in [0.15, 0.2) is 21.9 Å². The lowest BCUT2D eigenvalue weighted by molar-refractivity contribution is -0.166. The number of nitrogens with zero attached hydrogens (tertiary/aromatic N) is 1. The minimum absolute atomic E-state index is 0.163. The van der Waals surface area contributed by atoms with Crippen LogP contribution in [0.5, 0.6) is 0 Å². The lowest BCUT2D eigenvalue weighted by Gasteiger charge is -2.44. The number of aliphatic hydroxyl groups excluding tert-OH is 2. The van der Waals surface area contributed by atoms with Crippen molar-refractivity contribution in [1.29, 1.82) is 0 Å². The minimum Gasteiger partial charge on any atom is -0.459 e. The van der Waals surface area contributed by atoms with Crippen LogP contribution < -0.4 is 27.6 Å². The predicted octanol–water partition coefficient (Wildman–Crippen LogP) is 2.73. The van der Waals surface area contributed by atoms with Crippen molar-refractivity contribution in [1.82, 2.24) is 20.2 Å². The van der Waals surface area contributed by atoms with E-state index in [1.807, 2.05) is 0 Å². The Morgan fingerprint density at radius 3 is 1.94 bits per heavy atom. The van der Waals surface area contributed by atoms with Gasteiger partial charge in [0.05, 0.1) is 6.10 Å². The van der Waals surface area contributed by atoms with Crippen LogP contribution in [0.25, 0.3) is 0 Å². The molecule has 0 aliphatic carbocycles. The molecule has 1 aliphatic rings. The molecule has 1 fully saturated rings. The molecule has 15 nitrogen and oxygen atoms in total. The maximum Gasteiger partial charge on any atom is 0.330 e. The number of aromatic nitrogens is 2. The van der Waals surface area contributed by atoms with E-state index in [2.05, 4.69) is 83.3 Å². The summed E-state index contributed by atoms with van der Waals surface area (Å²) >= 11 is 0. The van der Waals surface area contributed by atoms with E-state index in [4.69, 9.17) is 24.1 Å². The van der Waals surface area contributed by atoms with Gasteiger partial charge in [-0.15, -0.1) is 0 Å². The Bertz CT molecular complexity index is 1490. The van der Waals surface area contributed by atoms with Crippen molar-refractivity contribution in [2.75, 3.05) is 13.1 Å². The monoisotopic (exact) mass is 787 g/mol. The number of amides is 1. The van der Waals surface area contributed by atoms with E-state index in [-0.39, 0.29) is 29.1 Å². The van der Waals surface area contributed by atoms with E-state index >= 15 is 0 Å². The fourth-order valence-electron chi connectivity index (χ4n) is 5.23. The van der Waals surface area contributed by atoms with Crippen molar-refractivity contribution in [3.05, 3.63) is 33.1 Å². The van der Waals surface area contributed by atoms with Gasteiger partial charge in [0.2, 0.25) is 5.91 Å². The van der Waals surface area contributed by atoms with Crippen molar-refractivity contribution in [3.8, 4) is 0 Å². The number of rotatable bonds is 16. The smallest absolute Gasteiger partial charge is 0.330 e. The summed E-state index contributed by atoms with van der Waals surface area (Å²) in [6, 6.07) is -1.21. The fraction of sp³-hybridized carbons (Fsp3) is 0.833. The van der Waals surface area contributed by atoms with Gasteiger partial charge in [-0.05, 0) is 75.9 Å². The van der Waals surface area contributed by atoms with Gasteiger partial charge in [-0.1, -0.05) is 55.4 Å². The van der Waals surface area contributed by atoms with Gasteiger partial charge in [0.1, 0.15) is 42.1 Å². The Labute approximate surface area is 317 Å². The summed E-state index contributed by atoms with van der Waals surface area (Å²) in [5.74, 6) is -1.45. The van der Waals surface area contributed by atoms with Crippen LogP contribution in [0.2, 0.25) is 36.3 Å². The Balaban J connectivity index is 2.61. The van der Waals surface area contributed by atoms with Crippen molar-refractivity contribution in [2.24, 2.45) is 11.7 Å². The molecule has 2 heterocycles. The summed E-state index contributed by atoms with van der Waals surface area (Å²) in [6.07, 6.45) is -5.13. The van der Waals surface area contributed by atoms with Gasteiger partial charge < -0.3 is 44.9 Å². The highest BCUT2D eigenvalue weighted by molar-refractivity contribution is 6.74. The van der Waals surface area contributed by atoms with E-state index in [1.54, 1.807) is 34.6 Å². The zero-order valence-electron chi connectivity index (χ0n) is 34.7. The molecular weight excluding hydrogens is 719 g/mol. The second-order valence-corrected chi connectivity index (χ2v) is 28.1. The zero-order chi connectivity index (χ0) is 41.1. The maximum absolute atomic E-state index is 13.8. The molecule has 0 spiro atoms. The predicted molar refractivity (Wildman–Crippen MR) is 209 cm³/mol. The van der Waals surface area contributed by atoms with E-state index in [1.165, 1.54) is 16.8 Å². The molecule has 7 N–H and O–H groups in total. The molecule has 306 valence electrons. The number of carbonyl (C=O) groups is 2. The summed E-state index contributed by atoms with van der Waals surface area (Å²) < 4.78 is 27.7.